The Morgan fingerprint density at radius 2 is 1.69 bits per heavy atom. The number of amides is 1. The van der Waals surface area contributed by atoms with Crippen LogP contribution in [-0.4, -0.2) is 40.1 Å². The molecule has 2 aromatic carbocycles. The Hall–Kier alpha value is -3.54. The molecule has 6 nitrogen and oxygen atoms in total. The predicted molar refractivity (Wildman–Crippen MR) is 111 cm³/mol. The van der Waals surface area contributed by atoms with Crippen molar-refractivity contribution < 1.29 is 9.53 Å². The van der Waals surface area contributed by atoms with Crippen molar-refractivity contribution in [2.24, 2.45) is 4.99 Å². The van der Waals surface area contributed by atoms with E-state index in [0.29, 0.717) is 31.9 Å². The molecular weight excluding hydrogens is 364 g/mol. The average molecular weight is 386 g/mol. The quantitative estimate of drug-likeness (QED) is 0.632. The third kappa shape index (κ3) is 4.32. The van der Waals surface area contributed by atoms with E-state index in [1.165, 1.54) is 0 Å². The number of hydrogen-bond acceptors (Lipinski definition) is 5. The highest BCUT2D eigenvalue weighted by Crippen LogP contribution is 2.22. The average Bonchev–Trinajstić information content (AvgIpc) is 2.78. The fourth-order valence-electron chi connectivity index (χ4n) is 3.34. The lowest BCUT2D eigenvalue weighted by Gasteiger charge is -2.27. The molecule has 1 amide bonds. The van der Waals surface area contributed by atoms with Crippen molar-refractivity contribution in [3.63, 3.8) is 0 Å². The van der Waals surface area contributed by atoms with Gasteiger partial charge in [-0.05, 0) is 18.6 Å². The van der Waals surface area contributed by atoms with E-state index in [2.05, 4.69) is 10.2 Å². The van der Waals surface area contributed by atoms with Gasteiger partial charge in [-0.3, -0.25) is 0 Å². The number of carbonyl (C=O) groups excluding carboxylic acids is 1. The largest absolute Gasteiger partial charge is 0.450 e. The van der Waals surface area contributed by atoms with Crippen LogP contribution in [0.4, 0.5) is 10.6 Å². The smallest absolute Gasteiger partial charge is 0.410 e. The second-order valence-electron chi connectivity index (χ2n) is 6.74. The summed E-state index contributed by atoms with van der Waals surface area (Å²) in [5, 5.41) is 8.68. The maximum atomic E-state index is 12.1. The number of aliphatic imine (C=N–C) groups is 1. The molecule has 29 heavy (non-hydrogen) atoms. The second-order valence-corrected chi connectivity index (χ2v) is 6.74. The van der Waals surface area contributed by atoms with Gasteiger partial charge in [-0.2, -0.15) is 5.10 Å². The summed E-state index contributed by atoms with van der Waals surface area (Å²) in [5.41, 5.74) is 4.71. The first-order valence-electron chi connectivity index (χ1n) is 9.71. The van der Waals surface area contributed by atoms with Gasteiger partial charge in [0.05, 0.1) is 24.6 Å². The maximum absolute atomic E-state index is 12.1. The summed E-state index contributed by atoms with van der Waals surface area (Å²) in [5.74, 6) is 0.525. The van der Waals surface area contributed by atoms with Crippen molar-refractivity contribution in [2.75, 3.05) is 13.2 Å². The molecule has 2 heterocycles. The molecule has 146 valence electrons. The molecule has 0 bridgehead atoms. The van der Waals surface area contributed by atoms with Gasteiger partial charge in [0.1, 0.15) is 0 Å². The first-order chi connectivity index (χ1) is 14.2. The third-order valence-corrected chi connectivity index (χ3v) is 4.77. The van der Waals surface area contributed by atoms with Crippen LogP contribution in [0.2, 0.25) is 0 Å². The molecule has 1 aromatic heterocycles. The van der Waals surface area contributed by atoms with E-state index in [9.17, 15) is 4.79 Å². The molecule has 0 saturated carbocycles. The van der Waals surface area contributed by atoms with Crippen LogP contribution < -0.4 is 0 Å². The van der Waals surface area contributed by atoms with Crippen LogP contribution in [0, 0.1) is 0 Å². The minimum absolute atomic E-state index is 0.297. The molecular formula is C23H22N4O2. The van der Waals surface area contributed by atoms with E-state index in [4.69, 9.17) is 9.73 Å². The lowest BCUT2D eigenvalue weighted by molar-refractivity contribution is 0.102. The number of fused-ring (bicyclic) bond motifs is 1. The number of rotatable bonds is 4. The monoisotopic (exact) mass is 386 g/mol. The van der Waals surface area contributed by atoms with Gasteiger partial charge < -0.3 is 9.64 Å². The van der Waals surface area contributed by atoms with Crippen LogP contribution in [0.25, 0.3) is 0 Å². The van der Waals surface area contributed by atoms with E-state index in [0.717, 1.165) is 28.1 Å². The Morgan fingerprint density at radius 3 is 2.31 bits per heavy atom. The molecule has 0 radical (unpaired) electrons. The Morgan fingerprint density at radius 1 is 1.03 bits per heavy atom. The molecule has 0 saturated heterocycles. The maximum Gasteiger partial charge on any atom is 0.410 e. The number of hydrogen-bond donors (Lipinski definition) is 0. The van der Waals surface area contributed by atoms with Crippen LogP contribution in [0.15, 0.2) is 71.7 Å². The van der Waals surface area contributed by atoms with Gasteiger partial charge in [-0.1, -0.05) is 60.7 Å². The van der Waals surface area contributed by atoms with E-state index >= 15 is 0 Å². The molecule has 0 N–H and O–H groups in total. The van der Waals surface area contributed by atoms with Gasteiger partial charge in [-0.25, -0.2) is 9.79 Å². The van der Waals surface area contributed by atoms with Crippen molar-refractivity contribution in [2.45, 2.75) is 19.9 Å². The fraction of sp³-hybridized carbons (Fsp3) is 0.217. The summed E-state index contributed by atoms with van der Waals surface area (Å²) < 4.78 is 5.13. The second kappa shape index (κ2) is 8.65. The molecule has 0 aliphatic carbocycles. The normalized spacial score (nSPS) is 12.8. The number of ether oxygens (including phenoxy) is 1. The summed E-state index contributed by atoms with van der Waals surface area (Å²) in [6.45, 7) is 3.22. The molecule has 3 aromatic rings. The van der Waals surface area contributed by atoms with Crippen molar-refractivity contribution >= 4 is 17.6 Å². The highest BCUT2D eigenvalue weighted by molar-refractivity contribution is 6.13. The number of aromatic nitrogens is 2. The standard InChI is InChI=1S/C23H22N4O2/c1-2-29-23(28)27-14-13-20-19(16-27)15-21(26-25-20)24-22(17-9-5-3-6-10-17)18-11-7-4-8-12-18/h3-12,15H,2,13-14,16H2,1H3. The highest BCUT2D eigenvalue weighted by Gasteiger charge is 2.23. The highest BCUT2D eigenvalue weighted by atomic mass is 16.6. The predicted octanol–water partition coefficient (Wildman–Crippen LogP) is 4.16. The van der Waals surface area contributed by atoms with Gasteiger partial charge in [0.15, 0.2) is 5.82 Å². The van der Waals surface area contributed by atoms with Crippen molar-refractivity contribution in [1.29, 1.82) is 0 Å². The van der Waals surface area contributed by atoms with Crippen molar-refractivity contribution in [1.82, 2.24) is 15.1 Å². The zero-order valence-corrected chi connectivity index (χ0v) is 16.3. The Bertz CT molecular complexity index is 978. The van der Waals surface area contributed by atoms with Gasteiger partial charge in [0, 0.05) is 24.1 Å². The Kier molecular flexibility index (Phi) is 5.61. The summed E-state index contributed by atoms with van der Waals surface area (Å²) in [6, 6.07) is 21.9. The van der Waals surface area contributed by atoms with Crippen LogP contribution in [0.1, 0.15) is 29.3 Å². The third-order valence-electron chi connectivity index (χ3n) is 4.77. The lowest BCUT2D eigenvalue weighted by atomic mass is 10.0. The molecule has 0 atom stereocenters. The lowest BCUT2D eigenvalue weighted by Crippen LogP contribution is -2.36. The molecule has 1 aliphatic heterocycles. The SMILES string of the molecule is CCOC(=O)N1CCc2nnc(N=C(c3ccccc3)c3ccccc3)cc2C1. The van der Waals surface area contributed by atoms with Gasteiger partial charge in [0.2, 0.25) is 0 Å². The molecule has 1 aliphatic rings. The van der Waals surface area contributed by atoms with E-state index in [1.54, 1.807) is 4.90 Å². The summed E-state index contributed by atoms with van der Waals surface area (Å²) in [6.07, 6.45) is 0.365. The summed E-state index contributed by atoms with van der Waals surface area (Å²) in [4.78, 5) is 18.6. The molecule has 0 fully saturated rings. The molecule has 0 spiro atoms. The zero-order valence-electron chi connectivity index (χ0n) is 16.3. The van der Waals surface area contributed by atoms with E-state index in [-0.39, 0.29) is 6.09 Å². The van der Waals surface area contributed by atoms with Gasteiger partial charge in [-0.15, -0.1) is 5.10 Å². The van der Waals surface area contributed by atoms with Gasteiger partial charge >= 0.3 is 6.09 Å². The molecule has 0 unspecified atom stereocenters. The van der Waals surface area contributed by atoms with E-state index < -0.39 is 0 Å². The summed E-state index contributed by atoms with van der Waals surface area (Å²) >= 11 is 0. The topological polar surface area (TPSA) is 67.7 Å². The fourth-order valence-corrected chi connectivity index (χ4v) is 3.34. The van der Waals surface area contributed by atoms with Gasteiger partial charge in [0.25, 0.3) is 0 Å². The summed E-state index contributed by atoms with van der Waals surface area (Å²) in [7, 11) is 0. The van der Waals surface area contributed by atoms with E-state index in [1.807, 2.05) is 73.7 Å². The Labute approximate surface area is 169 Å². The molecule has 6 heteroatoms. The van der Waals surface area contributed by atoms with Crippen molar-refractivity contribution in [3.8, 4) is 0 Å². The van der Waals surface area contributed by atoms with Crippen molar-refractivity contribution in [3.05, 3.63) is 89.1 Å². The molecule has 4 rings (SSSR count). The minimum Gasteiger partial charge on any atom is -0.450 e. The van der Waals surface area contributed by atoms with Crippen LogP contribution in [0.5, 0.6) is 0 Å². The van der Waals surface area contributed by atoms with Crippen LogP contribution in [-0.2, 0) is 17.7 Å². The first kappa shape index (κ1) is 18.8. The Balaban J connectivity index is 1.69. The number of carbonyl (C=O) groups is 1. The number of benzene rings is 2. The minimum atomic E-state index is -0.297. The number of nitrogens with zero attached hydrogens (tertiary/aromatic N) is 4. The first-order valence-corrected chi connectivity index (χ1v) is 9.71. The van der Waals surface area contributed by atoms with Crippen LogP contribution >= 0.6 is 0 Å². The zero-order chi connectivity index (χ0) is 20.1. The van der Waals surface area contributed by atoms with Crippen LogP contribution in [0.3, 0.4) is 0 Å².